The molecule has 1 aromatic carbocycles. The number of carbonyl (C=O) groups is 2. The Labute approximate surface area is 151 Å². The van der Waals surface area contributed by atoms with Gasteiger partial charge in [-0.1, -0.05) is 12.1 Å². The molecular formula is C19H21FN4O2. The van der Waals surface area contributed by atoms with Crippen LogP contribution in [0.5, 0.6) is 0 Å². The molecule has 0 radical (unpaired) electrons. The summed E-state index contributed by atoms with van der Waals surface area (Å²) in [5.74, 6) is -0.668. The molecule has 4 rings (SSSR count). The Kier molecular flexibility index (Phi) is 4.22. The highest BCUT2D eigenvalue weighted by molar-refractivity contribution is 5.96. The second kappa shape index (κ2) is 6.55. The number of fused-ring (bicyclic) bond motifs is 1. The maximum atomic E-state index is 14.3. The molecule has 2 aliphatic rings. The Morgan fingerprint density at radius 3 is 2.77 bits per heavy atom. The third-order valence-corrected chi connectivity index (χ3v) is 5.17. The molecule has 0 bridgehead atoms. The standard InChI is InChI=1S/C19H21FN4O2/c1-22-10-5-11-23(12-17(22)25)19(26)18-13-6-4-9-15(13)24(21-18)16-8-3-2-7-14(16)20/h2-3,7-8H,4-6,9-12H2,1H3. The van der Waals surface area contributed by atoms with E-state index in [9.17, 15) is 14.0 Å². The van der Waals surface area contributed by atoms with E-state index in [1.165, 1.54) is 6.07 Å². The van der Waals surface area contributed by atoms with Crippen molar-refractivity contribution in [2.75, 3.05) is 26.7 Å². The lowest BCUT2D eigenvalue weighted by Gasteiger charge is -2.19. The second-order valence-electron chi connectivity index (χ2n) is 6.89. The van der Waals surface area contributed by atoms with E-state index in [0.717, 1.165) is 36.9 Å². The van der Waals surface area contributed by atoms with Crippen LogP contribution in [0.3, 0.4) is 0 Å². The summed E-state index contributed by atoms with van der Waals surface area (Å²) in [6.07, 6.45) is 3.19. The van der Waals surface area contributed by atoms with Gasteiger partial charge in [0.1, 0.15) is 18.0 Å². The normalized spacial score (nSPS) is 17.4. The fourth-order valence-electron chi connectivity index (χ4n) is 3.74. The number of benzene rings is 1. The molecular weight excluding hydrogens is 335 g/mol. The zero-order valence-corrected chi connectivity index (χ0v) is 14.7. The smallest absolute Gasteiger partial charge is 0.275 e. The Balaban J connectivity index is 1.72. The lowest BCUT2D eigenvalue weighted by molar-refractivity contribution is -0.129. The van der Waals surface area contributed by atoms with Crippen molar-refractivity contribution in [2.45, 2.75) is 25.7 Å². The molecule has 7 heteroatoms. The van der Waals surface area contributed by atoms with Crippen LogP contribution in [-0.4, -0.2) is 58.1 Å². The van der Waals surface area contributed by atoms with Crippen LogP contribution in [0.1, 0.15) is 34.6 Å². The summed E-state index contributed by atoms with van der Waals surface area (Å²) in [6, 6.07) is 6.45. The van der Waals surface area contributed by atoms with E-state index in [0.29, 0.717) is 24.5 Å². The minimum atomic E-state index is -0.365. The molecule has 1 fully saturated rings. The lowest BCUT2D eigenvalue weighted by Crippen LogP contribution is -2.38. The Morgan fingerprint density at radius 1 is 1.15 bits per heavy atom. The highest BCUT2D eigenvalue weighted by Gasteiger charge is 2.32. The van der Waals surface area contributed by atoms with E-state index in [2.05, 4.69) is 5.10 Å². The van der Waals surface area contributed by atoms with Crippen LogP contribution in [-0.2, 0) is 17.6 Å². The molecule has 0 spiro atoms. The highest BCUT2D eigenvalue weighted by atomic mass is 19.1. The van der Waals surface area contributed by atoms with Crippen molar-refractivity contribution in [1.29, 1.82) is 0 Å². The van der Waals surface area contributed by atoms with Crippen LogP contribution in [0.25, 0.3) is 5.69 Å². The maximum Gasteiger partial charge on any atom is 0.275 e. The van der Waals surface area contributed by atoms with Gasteiger partial charge in [-0.05, 0) is 37.8 Å². The molecule has 136 valence electrons. The summed E-state index contributed by atoms with van der Waals surface area (Å²) < 4.78 is 15.8. The fraction of sp³-hybridized carbons (Fsp3) is 0.421. The zero-order valence-electron chi connectivity index (χ0n) is 14.7. The number of likely N-dealkylation sites (N-methyl/N-ethyl adjacent to an activating group) is 1. The predicted octanol–water partition coefficient (Wildman–Crippen LogP) is 1.80. The van der Waals surface area contributed by atoms with Gasteiger partial charge in [-0.2, -0.15) is 5.10 Å². The summed E-state index contributed by atoms with van der Waals surface area (Å²) >= 11 is 0. The summed E-state index contributed by atoms with van der Waals surface area (Å²) in [4.78, 5) is 28.4. The number of halogens is 1. The molecule has 2 aromatic rings. The molecule has 1 saturated heterocycles. The number of hydrogen-bond acceptors (Lipinski definition) is 3. The van der Waals surface area contributed by atoms with Crippen molar-refractivity contribution in [1.82, 2.24) is 19.6 Å². The monoisotopic (exact) mass is 356 g/mol. The molecule has 2 amide bonds. The lowest BCUT2D eigenvalue weighted by atomic mass is 10.1. The van der Waals surface area contributed by atoms with Crippen LogP contribution < -0.4 is 0 Å². The third kappa shape index (κ3) is 2.77. The predicted molar refractivity (Wildman–Crippen MR) is 93.7 cm³/mol. The third-order valence-electron chi connectivity index (χ3n) is 5.17. The van der Waals surface area contributed by atoms with Crippen molar-refractivity contribution in [2.24, 2.45) is 0 Å². The van der Waals surface area contributed by atoms with E-state index >= 15 is 0 Å². The molecule has 1 aromatic heterocycles. The molecule has 6 nitrogen and oxygen atoms in total. The van der Waals surface area contributed by atoms with Crippen LogP contribution in [0.15, 0.2) is 24.3 Å². The summed E-state index contributed by atoms with van der Waals surface area (Å²) in [6.45, 7) is 1.23. The maximum absolute atomic E-state index is 14.3. The minimum Gasteiger partial charge on any atom is -0.344 e. The molecule has 1 aliphatic heterocycles. The van der Waals surface area contributed by atoms with Crippen molar-refractivity contribution in [3.05, 3.63) is 47.0 Å². The average Bonchev–Trinajstić information content (AvgIpc) is 3.19. The first-order chi connectivity index (χ1) is 12.6. The summed E-state index contributed by atoms with van der Waals surface area (Å²) in [7, 11) is 1.75. The number of nitrogens with zero attached hydrogens (tertiary/aromatic N) is 4. The molecule has 2 heterocycles. The van der Waals surface area contributed by atoms with Crippen molar-refractivity contribution >= 4 is 11.8 Å². The van der Waals surface area contributed by atoms with Crippen molar-refractivity contribution in [3.63, 3.8) is 0 Å². The van der Waals surface area contributed by atoms with Gasteiger partial charge in [0.25, 0.3) is 5.91 Å². The number of carbonyl (C=O) groups excluding carboxylic acids is 2. The number of amides is 2. The summed E-state index contributed by atoms with van der Waals surface area (Å²) in [5.41, 5.74) is 2.51. The topological polar surface area (TPSA) is 58.4 Å². The SMILES string of the molecule is CN1CCCN(C(=O)c2nn(-c3ccccc3F)c3c2CCC3)CC1=O. The van der Waals surface area contributed by atoms with E-state index in [1.54, 1.807) is 39.7 Å². The molecule has 0 saturated carbocycles. The molecule has 0 N–H and O–H groups in total. The van der Waals surface area contributed by atoms with E-state index < -0.39 is 0 Å². The van der Waals surface area contributed by atoms with Crippen LogP contribution in [0, 0.1) is 5.82 Å². The Hall–Kier alpha value is -2.70. The molecule has 1 aliphatic carbocycles. The van der Waals surface area contributed by atoms with Crippen LogP contribution in [0.2, 0.25) is 0 Å². The van der Waals surface area contributed by atoms with Gasteiger partial charge in [0, 0.05) is 31.4 Å². The van der Waals surface area contributed by atoms with E-state index in [1.807, 2.05) is 0 Å². The van der Waals surface area contributed by atoms with Gasteiger partial charge in [0.05, 0.1) is 0 Å². The summed E-state index contributed by atoms with van der Waals surface area (Å²) in [5, 5.41) is 4.47. The van der Waals surface area contributed by atoms with Gasteiger partial charge in [-0.25, -0.2) is 9.07 Å². The number of para-hydroxylation sites is 1. The van der Waals surface area contributed by atoms with Crippen LogP contribution >= 0.6 is 0 Å². The van der Waals surface area contributed by atoms with E-state index in [4.69, 9.17) is 0 Å². The Morgan fingerprint density at radius 2 is 1.96 bits per heavy atom. The van der Waals surface area contributed by atoms with Gasteiger partial charge in [0.2, 0.25) is 5.91 Å². The van der Waals surface area contributed by atoms with Gasteiger partial charge in [-0.15, -0.1) is 0 Å². The van der Waals surface area contributed by atoms with Gasteiger partial charge >= 0.3 is 0 Å². The fourth-order valence-corrected chi connectivity index (χ4v) is 3.74. The first-order valence-corrected chi connectivity index (χ1v) is 8.95. The number of rotatable bonds is 2. The van der Waals surface area contributed by atoms with Gasteiger partial charge < -0.3 is 9.80 Å². The number of hydrogen-bond donors (Lipinski definition) is 0. The van der Waals surface area contributed by atoms with Gasteiger partial charge in [0.15, 0.2) is 5.69 Å². The highest BCUT2D eigenvalue weighted by Crippen LogP contribution is 2.29. The molecule has 26 heavy (non-hydrogen) atoms. The Bertz CT molecular complexity index is 876. The average molecular weight is 356 g/mol. The second-order valence-corrected chi connectivity index (χ2v) is 6.89. The first kappa shape index (κ1) is 16.8. The molecule has 0 unspecified atom stereocenters. The van der Waals surface area contributed by atoms with Crippen molar-refractivity contribution in [3.8, 4) is 5.69 Å². The zero-order chi connectivity index (χ0) is 18.3. The quantitative estimate of drug-likeness (QED) is 0.825. The largest absolute Gasteiger partial charge is 0.344 e. The van der Waals surface area contributed by atoms with Crippen LogP contribution in [0.4, 0.5) is 4.39 Å². The minimum absolute atomic E-state index is 0.0661. The first-order valence-electron chi connectivity index (χ1n) is 8.95. The molecule has 0 atom stereocenters. The van der Waals surface area contributed by atoms with Crippen molar-refractivity contribution < 1.29 is 14.0 Å². The van der Waals surface area contributed by atoms with Gasteiger partial charge in [-0.3, -0.25) is 9.59 Å². The number of aromatic nitrogens is 2. The van der Waals surface area contributed by atoms with E-state index in [-0.39, 0.29) is 24.2 Å².